The van der Waals surface area contributed by atoms with Gasteiger partial charge in [-0.2, -0.15) is 0 Å². The number of pyridine rings is 1. The fourth-order valence-corrected chi connectivity index (χ4v) is 2.63. The van der Waals surface area contributed by atoms with E-state index in [1.165, 1.54) is 0 Å². The summed E-state index contributed by atoms with van der Waals surface area (Å²) in [4.78, 5) is 4.94. The summed E-state index contributed by atoms with van der Waals surface area (Å²) in [5.41, 5.74) is 0.739. The summed E-state index contributed by atoms with van der Waals surface area (Å²) in [6.45, 7) is 1.80. The van der Waals surface area contributed by atoms with E-state index in [0.29, 0.717) is 17.4 Å². The zero-order valence-corrected chi connectivity index (χ0v) is 10.5. The van der Waals surface area contributed by atoms with Crippen molar-refractivity contribution in [2.24, 2.45) is 0 Å². The number of aryl methyl sites for hydroxylation is 1. The van der Waals surface area contributed by atoms with Crippen LogP contribution in [0.3, 0.4) is 0 Å². The van der Waals surface area contributed by atoms with Gasteiger partial charge in [0.05, 0.1) is 40.5 Å². The minimum absolute atomic E-state index is 0.359. The van der Waals surface area contributed by atoms with E-state index in [1.54, 1.807) is 32.4 Å². The van der Waals surface area contributed by atoms with Crippen molar-refractivity contribution < 1.29 is 13.4 Å². The highest BCUT2D eigenvalue weighted by Gasteiger charge is 2.11. The molecule has 0 spiro atoms. The predicted octanol–water partition coefficient (Wildman–Crippen LogP) is 2.30. The van der Waals surface area contributed by atoms with Gasteiger partial charge in [0, 0.05) is 6.07 Å². The van der Waals surface area contributed by atoms with Crippen molar-refractivity contribution in [3.05, 3.63) is 42.0 Å². The van der Waals surface area contributed by atoms with Gasteiger partial charge in [0.25, 0.3) is 0 Å². The van der Waals surface area contributed by atoms with Crippen LogP contribution < -0.4 is 4.74 Å². The van der Waals surface area contributed by atoms with Gasteiger partial charge in [-0.1, -0.05) is 6.07 Å². The van der Waals surface area contributed by atoms with Crippen LogP contribution in [0, 0.1) is 6.92 Å². The number of nitrogens with zero attached hydrogens (tertiary/aromatic N) is 1. The maximum Gasteiger partial charge on any atom is 0.213 e. The van der Waals surface area contributed by atoms with Gasteiger partial charge >= 0.3 is 0 Å². The number of ether oxygens (including phenoxy) is 1. The summed E-state index contributed by atoms with van der Waals surface area (Å²) in [6, 6.07) is 7.15. The molecule has 0 saturated heterocycles. The summed E-state index contributed by atoms with van der Waals surface area (Å²) in [7, 11) is 0.422. The molecule has 5 heteroatoms. The van der Waals surface area contributed by atoms with E-state index in [4.69, 9.17) is 9.15 Å². The van der Waals surface area contributed by atoms with Gasteiger partial charge in [-0.05, 0) is 19.1 Å². The highest BCUT2D eigenvalue weighted by Crippen LogP contribution is 2.17. The second-order valence-electron chi connectivity index (χ2n) is 3.50. The second-order valence-corrected chi connectivity index (χ2v) is 4.92. The van der Waals surface area contributed by atoms with E-state index in [1.807, 2.05) is 12.1 Å². The van der Waals surface area contributed by atoms with Crippen LogP contribution in [0.5, 0.6) is 5.88 Å². The van der Waals surface area contributed by atoms with Crippen LogP contribution in [0.1, 0.15) is 11.5 Å². The molecule has 2 aromatic heterocycles. The molecule has 0 amide bonds. The Morgan fingerprint density at radius 2 is 2.24 bits per heavy atom. The van der Waals surface area contributed by atoms with Gasteiger partial charge in [-0.25, -0.2) is 4.98 Å². The van der Waals surface area contributed by atoms with Gasteiger partial charge in [0.1, 0.15) is 5.76 Å². The van der Waals surface area contributed by atoms with E-state index in [-0.39, 0.29) is 0 Å². The molecule has 0 radical (unpaired) electrons. The van der Waals surface area contributed by atoms with E-state index < -0.39 is 10.8 Å². The van der Waals surface area contributed by atoms with E-state index in [9.17, 15) is 4.21 Å². The van der Waals surface area contributed by atoms with Crippen molar-refractivity contribution in [3.8, 4) is 5.88 Å². The molecule has 2 heterocycles. The Labute approximate surface area is 102 Å². The second kappa shape index (κ2) is 5.14. The maximum atomic E-state index is 12.1. The van der Waals surface area contributed by atoms with E-state index >= 15 is 0 Å². The molecule has 0 aliphatic heterocycles. The molecule has 0 N–H and O–H groups in total. The molecule has 0 fully saturated rings. The highest BCUT2D eigenvalue weighted by molar-refractivity contribution is 7.84. The van der Waals surface area contributed by atoms with Crippen molar-refractivity contribution >= 4 is 10.8 Å². The smallest absolute Gasteiger partial charge is 0.213 e. The van der Waals surface area contributed by atoms with Crippen LogP contribution in [0.2, 0.25) is 0 Å². The normalized spacial score (nSPS) is 12.4. The summed E-state index contributed by atoms with van der Waals surface area (Å²) < 4.78 is 22.2. The van der Waals surface area contributed by atoms with Gasteiger partial charge in [0.2, 0.25) is 5.88 Å². The lowest BCUT2D eigenvalue weighted by atomic mass is 10.4. The minimum Gasteiger partial charge on any atom is -0.481 e. The largest absolute Gasteiger partial charge is 0.481 e. The lowest BCUT2D eigenvalue weighted by Gasteiger charge is -2.03. The third-order valence-electron chi connectivity index (χ3n) is 2.33. The number of hydrogen-bond acceptors (Lipinski definition) is 4. The van der Waals surface area contributed by atoms with Crippen molar-refractivity contribution in [2.45, 2.75) is 17.6 Å². The van der Waals surface area contributed by atoms with Crippen LogP contribution in [-0.4, -0.2) is 16.3 Å². The number of rotatable bonds is 4. The van der Waals surface area contributed by atoms with Crippen LogP contribution in [0.25, 0.3) is 0 Å². The molecule has 0 aromatic carbocycles. The third-order valence-corrected chi connectivity index (χ3v) is 3.80. The molecule has 2 rings (SSSR count). The Kier molecular flexibility index (Phi) is 3.58. The maximum absolute atomic E-state index is 12.1. The third kappa shape index (κ3) is 2.74. The Morgan fingerprint density at radius 1 is 1.41 bits per heavy atom. The summed E-state index contributed by atoms with van der Waals surface area (Å²) >= 11 is 0. The molecule has 4 nitrogen and oxygen atoms in total. The molecule has 0 aliphatic rings. The van der Waals surface area contributed by atoms with Gasteiger partial charge in [-0.3, -0.25) is 4.21 Å². The average molecular weight is 251 g/mol. The highest BCUT2D eigenvalue weighted by atomic mass is 32.2. The van der Waals surface area contributed by atoms with Gasteiger partial charge in [0.15, 0.2) is 0 Å². The molecule has 0 saturated carbocycles. The molecular weight excluding hydrogens is 238 g/mol. The fourth-order valence-electron chi connectivity index (χ4n) is 1.47. The number of furan rings is 1. The van der Waals surface area contributed by atoms with Crippen molar-refractivity contribution in [2.75, 3.05) is 7.11 Å². The summed E-state index contributed by atoms with van der Waals surface area (Å²) in [5, 5.41) is 0. The van der Waals surface area contributed by atoms with Crippen LogP contribution in [0.4, 0.5) is 0 Å². The van der Waals surface area contributed by atoms with Crippen molar-refractivity contribution in [3.63, 3.8) is 0 Å². The molecule has 0 bridgehead atoms. The van der Waals surface area contributed by atoms with Crippen LogP contribution in [0.15, 0.2) is 39.8 Å². The Balaban J connectivity index is 2.16. The molecule has 90 valence electrons. The Bertz CT molecular complexity index is 536. The first-order chi connectivity index (χ1) is 8.20. The zero-order valence-electron chi connectivity index (χ0n) is 9.67. The molecular formula is C12H13NO3S. The molecule has 17 heavy (non-hydrogen) atoms. The number of methoxy groups -OCH3 is 1. The molecule has 2 aromatic rings. The number of hydrogen-bond donors (Lipinski definition) is 0. The Hall–Kier alpha value is -1.62. The van der Waals surface area contributed by atoms with Crippen LogP contribution >= 0.6 is 0 Å². The summed E-state index contributed by atoms with van der Waals surface area (Å²) in [6.07, 6.45) is 1.54. The minimum atomic E-state index is -1.14. The topological polar surface area (TPSA) is 52.3 Å². The molecule has 1 atom stereocenters. The van der Waals surface area contributed by atoms with Crippen molar-refractivity contribution in [1.29, 1.82) is 0 Å². The predicted molar refractivity (Wildman–Crippen MR) is 64.3 cm³/mol. The molecule has 0 unspecified atom stereocenters. The fraction of sp³-hybridized carbons (Fsp3) is 0.250. The first-order valence-corrected chi connectivity index (χ1v) is 6.45. The van der Waals surface area contributed by atoms with E-state index in [2.05, 4.69) is 4.98 Å². The number of aromatic nitrogens is 1. The average Bonchev–Trinajstić information content (AvgIpc) is 2.76. The van der Waals surface area contributed by atoms with E-state index in [0.717, 1.165) is 10.6 Å². The molecule has 0 aliphatic carbocycles. The van der Waals surface area contributed by atoms with Crippen molar-refractivity contribution in [1.82, 2.24) is 4.98 Å². The SMILES string of the molecule is COc1cccc(C[S@@](=O)c2ccoc2C)n1. The zero-order chi connectivity index (χ0) is 12.3. The lowest BCUT2D eigenvalue weighted by molar-refractivity contribution is 0.397. The van der Waals surface area contributed by atoms with Gasteiger partial charge in [-0.15, -0.1) is 0 Å². The lowest BCUT2D eigenvalue weighted by Crippen LogP contribution is -2.00. The first kappa shape index (κ1) is 11.9. The van der Waals surface area contributed by atoms with Crippen LogP contribution in [-0.2, 0) is 16.6 Å². The Morgan fingerprint density at radius 3 is 2.88 bits per heavy atom. The monoisotopic (exact) mass is 251 g/mol. The van der Waals surface area contributed by atoms with Gasteiger partial charge < -0.3 is 9.15 Å². The summed E-state index contributed by atoms with van der Waals surface area (Å²) in [5.74, 6) is 1.58. The quantitative estimate of drug-likeness (QED) is 0.836. The first-order valence-electron chi connectivity index (χ1n) is 5.13. The standard InChI is InChI=1S/C12H13NO3S/c1-9-11(6-7-16-9)17(14)8-10-4-3-5-12(13-10)15-2/h3-7H,8H2,1-2H3/t17-/m1/s1.